The van der Waals surface area contributed by atoms with Crippen molar-refractivity contribution in [1.29, 1.82) is 0 Å². The zero-order valence-corrected chi connectivity index (χ0v) is 11.3. The lowest BCUT2D eigenvalue weighted by Crippen LogP contribution is -2.43. The van der Waals surface area contributed by atoms with Gasteiger partial charge in [0.25, 0.3) is 5.91 Å². The molecule has 0 bridgehead atoms. The van der Waals surface area contributed by atoms with Crippen LogP contribution in [0.25, 0.3) is 0 Å². The highest BCUT2D eigenvalue weighted by Crippen LogP contribution is 2.31. The van der Waals surface area contributed by atoms with Crippen LogP contribution in [-0.2, 0) is 12.7 Å². The Hall–Kier alpha value is -2.29. The standard InChI is InChI=1S/C13H11BF3N3O2/c15-13(16,17)8-1-3-9(4-2-8)19-5-6-20-11(12(19)21)10(14-22)7-18-20/h1-4,7,14,22H,5-6H2. The van der Waals surface area contributed by atoms with Gasteiger partial charge in [-0.1, -0.05) is 0 Å². The van der Waals surface area contributed by atoms with Crippen molar-refractivity contribution >= 4 is 24.5 Å². The van der Waals surface area contributed by atoms with Crippen molar-refractivity contribution in [1.82, 2.24) is 9.78 Å². The van der Waals surface area contributed by atoms with Crippen LogP contribution in [0.5, 0.6) is 0 Å². The first kappa shape index (κ1) is 14.6. The van der Waals surface area contributed by atoms with Gasteiger partial charge in [-0.3, -0.25) is 9.48 Å². The lowest BCUT2D eigenvalue weighted by atomic mass is 9.88. The first-order valence-electron chi connectivity index (χ1n) is 6.56. The lowest BCUT2D eigenvalue weighted by Gasteiger charge is -2.28. The van der Waals surface area contributed by atoms with Gasteiger partial charge in [0, 0.05) is 18.4 Å². The van der Waals surface area contributed by atoms with Gasteiger partial charge in [-0.15, -0.1) is 0 Å². The number of anilines is 1. The minimum atomic E-state index is -4.41. The summed E-state index contributed by atoms with van der Waals surface area (Å²) in [6.45, 7) is 0.728. The molecule has 0 saturated carbocycles. The Morgan fingerprint density at radius 3 is 2.45 bits per heavy atom. The Balaban J connectivity index is 1.92. The molecule has 0 atom stereocenters. The highest BCUT2D eigenvalue weighted by Gasteiger charge is 2.32. The van der Waals surface area contributed by atoms with Crippen LogP contribution in [0.15, 0.2) is 30.5 Å². The molecule has 0 aliphatic carbocycles. The number of carbonyl (C=O) groups is 1. The van der Waals surface area contributed by atoms with Crippen molar-refractivity contribution in [3.63, 3.8) is 0 Å². The van der Waals surface area contributed by atoms with E-state index in [1.807, 2.05) is 0 Å². The van der Waals surface area contributed by atoms with E-state index in [1.54, 1.807) is 0 Å². The lowest BCUT2D eigenvalue weighted by molar-refractivity contribution is -0.137. The second kappa shape index (κ2) is 5.17. The maximum absolute atomic E-state index is 12.6. The zero-order valence-electron chi connectivity index (χ0n) is 11.3. The number of carbonyl (C=O) groups excluding carboxylic acids is 1. The van der Waals surface area contributed by atoms with Gasteiger partial charge in [0.15, 0.2) is 0 Å². The van der Waals surface area contributed by atoms with Crippen LogP contribution in [0.3, 0.4) is 0 Å². The summed E-state index contributed by atoms with van der Waals surface area (Å²) in [6, 6.07) is 4.43. The smallest absolute Gasteiger partial charge is 0.416 e. The second-order valence-electron chi connectivity index (χ2n) is 4.90. The Labute approximate surface area is 124 Å². The fraction of sp³-hybridized carbons (Fsp3) is 0.231. The van der Waals surface area contributed by atoms with Gasteiger partial charge in [-0.25, -0.2) is 0 Å². The van der Waals surface area contributed by atoms with Gasteiger partial charge in [-0.2, -0.15) is 18.3 Å². The van der Waals surface area contributed by atoms with Gasteiger partial charge in [-0.05, 0) is 29.7 Å². The molecule has 0 spiro atoms. The fourth-order valence-corrected chi connectivity index (χ4v) is 2.46. The average Bonchev–Trinajstić information content (AvgIpc) is 2.91. The summed E-state index contributed by atoms with van der Waals surface area (Å²) in [5.41, 5.74) is 0.298. The van der Waals surface area contributed by atoms with Crippen LogP contribution < -0.4 is 10.4 Å². The van der Waals surface area contributed by atoms with Gasteiger partial charge in [0.1, 0.15) is 5.69 Å². The minimum Gasteiger partial charge on any atom is -0.449 e. The summed E-state index contributed by atoms with van der Waals surface area (Å²) in [4.78, 5) is 13.9. The topological polar surface area (TPSA) is 58.4 Å². The Morgan fingerprint density at radius 2 is 1.86 bits per heavy atom. The molecular formula is C13H11BF3N3O2. The SMILES string of the molecule is O=C1c2c(BO)cnn2CCN1c1ccc(C(F)(F)F)cc1. The summed E-state index contributed by atoms with van der Waals surface area (Å²) in [7, 11) is -0.318. The summed E-state index contributed by atoms with van der Waals surface area (Å²) in [5, 5.41) is 13.2. The molecule has 1 aliphatic rings. The molecule has 2 heterocycles. The number of alkyl halides is 3. The van der Waals surface area contributed by atoms with Crippen molar-refractivity contribution in [2.75, 3.05) is 11.4 Å². The van der Waals surface area contributed by atoms with Crippen LogP contribution in [-0.4, -0.2) is 34.7 Å². The molecule has 1 amide bonds. The molecular weight excluding hydrogens is 298 g/mol. The number of rotatable bonds is 2. The third-order valence-corrected chi connectivity index (χ3v) is 3.58. The fourth-order valence-electron chi connectivity index (χ4n) is 2.46. The van der Waals surface area contributed by atoms with E-state index >= 15 is 0 Å². The molecule has 1 N–H and O–H groups in total. The van der Waals surface area contributed by atoms with Crippen LogP contribution in [0, 0.1) is 0 Å². The molecule has 0 unspecified atom stereocenters. The number of nitrogens with zero attached hydrogens (tertiary/aromatic N) is 3. The molecule has 0 saturated heterocycles. The number of halogens is 3. The molecule has 114 valence electrons. The molecule has 2 aromatic rings. The summed E-state index contributed by atoms with van der Waals surface area (Å²) in [5.74, 6) is -0.382. The highest BCUT2D eigenvalue weighted by atomic mass is 19.4. The molecule has 1 aromatic carbocycles. The molecule has 9 heteroatoms. The van der Waals surface area contributed by atoms with Crippen molar-refractivity contribution in [2.24, 2.45) is 0 Å². The third-order valence-electron chi connectivity index (χ3n) is 3.58. The van der Waals surface area contributed by atoms with Gasteiger partial charge in [0.05, 0.1) is 12.1 Å². The number of aromatic nitrogens is 2. The van der Waals surface area contributed by atoms with Crippen molar-refractivity contribution < 1.29 is 23.0 Å². The molecule has 5 nitrogen and oxygen atoms in total. The van der Waals surface area contributed by atoms with Crippen molar-refractivity contribution in [3.05, 3.63) is 41.7 Å². The monoisotopic (exact) mass is 309 g/mol. The maximum atomic E-state index is 12.6. The average molecular weight is 309 g/mol. The van der Waals surface area contributed by atoms with E-state index in [0.717, 1.165) is 12.1 Å². The van der Waals surface area contributed by atoms with E-state index in [0.29, 0.717) is 24.2 Å². The van der Waals surface area contributed by atoms with E-state index in [-0.39, 0.29) is 19.1 Å². The zero-order chi connectivity index (χ0) is 15.9. The quantitative estimate of drug-likeness (QED) is 0.824. The predicted octanol–water partition coefficient (Wildman–Crippen LogP) is 0.531. The van der Waals surface area contributed by atoms with E-state index in [1.165, 1.54) is 27.9 Å². The van der Waals surface area contributed by atoms with Crippen LogP contribution in [0.1, 0.15) is 16.1 Å². The maximum Gasteiger partial charge on any atom is 0.416 e. The molecule has 1 aromatic heterocycles. The molecule has 1 aliphatic heterocycles. The second-order valence-corrected chi connectivity index (χ2v) is 4.90. The largest absolute Gasteiger partial charge is 0.449 e. The molecule has 22 heavy (non-hydrogen) atoms. The predicted molar refractivity (Wildman–Crippen MR) is 74.3 cm³/mol. The number of amides is 1. The van der Waals surface area contributed by atoms with Gasteiger partial charge >= 0.3 is 13.7 Å². The van der Waals surface area contributed by atoms with E-state index in [2.05, 4.69) is 5.10 Å². The summed E-state index contributed by atoms with van der Waals surface area (Å²) >= 11 is 0. The Kier molecular flexibility index (Phi) is 3.44. The minimum absolute atomic E-state index is 0.272. The van der Waals surface area contributed by atoms with Crippen molar-refractivity contribution in [2.45, 2.75) is 12.7 Å². The first-order valence-corrected chi connectivity index (χ1v) is 6.56. The highest BCUT2D eigenvalue weighted by molar-refractivity contribution is 6.48. The first-order chi connectivity index (χ1) is 10.4. The summed E-state index contributed by atoms with van der Waals surface area (Å²) < 4.78 is 39.2. The van der Waals surface area contributed by atoms with Gasteiger partial charge < -0.3 is 9.92 Å². The van der Waals surface area contributed by atoms with Gasteiger partial charge in [0.2, 0.25) is 0 Å². The number of hydrogen-bond acceptors (Lipinski definition) is 3. The van der Waals surface area contributed by atoms with Crippen LogP contribution >= 0.6 is 0 Å². The number of fused-ring (bicyclic) bond motifs is 1. The molecule has 0 radical (unpaired) electrons. The molecule has 3 rings (SSSR count). The Bertz CT molecular complexity index is 699. The van der Waals surface area contributed by atoms with E-state index < -0.39 is 11.7 Å². The van der Waals surface area contributed by atoms with E-state index in [9.17, 15) is 23.0 Å². The Morgan fingerprint density at radius 1 is 1.18 bits per heavy atom. The molecule has 0 fully saturated rings. The van der Waals surface area contributed by atoms with Crippen LogP contribution in [0.2, 0.25) is 0 Å². The van der Waals surface area contributed by atoms with E-state index in [4.69, 9.17) is 0 Å². The van der Waals surface area contributed by atoms with Crippen molar-refractivity contribution in [3.8, 4) is 0 Å². The van der Waals surface area contributed by atoms with Crippen LogP contribution in [0.4, 0.5) is 18.9 Å². The number of hydrogen-bond donors (Lipinski definition) is 1. The number of benzene rings is 1. The normalized spacial score (nSPS) is 14.9. The third kappa shape index (κ3) is 2.37. The summed E-state index contributed by atoms with van der Waals surface area (Å²) in [6.07, 6.45) is -2.99.